The summed E-state index contributed by atoms with van der Waals surface area (Å²) < 4.78 is 24.9. The first kappa shape index (κ1) is 13.4. The molecular weight excluding hydrogens is 202 g/mol. The lowest BCUT2D eigenvalue weighted by Gasteiger charge is -2.29. The summed E-state index contributed by atoms with van der Waals surface area (Å²) in [6.07, 6.45) is 0. The Hall–Kier alpha value is -0.620. The van der Waals surface area contributed by atoms with Gasteiger partial charge < -0.3 is 5.73 Å². The monoisotopic (exact) mass is 221 g/mol. The highest BCUT2D eigenvalue weighted by atomic mass is 32.2. The number of hydrogen-bond acceptors (Lipinski definition) is 3. The minimum atomic E-state index is -3.47. The van der Waals surface area contributed by atoms with Gasteiger partial charge in [-0.1, -0.05) is 0 Å². The molecule has 0 aliphatic heterocycles. The van der Waals surface area contributed by atoms with E-state index >= 15 is 0 Å². The maximum Gasteiger partial charge on any atom is 0.217 e. The summed E-state index contributed by atoms with van der Waals surface area (Å²) in [6, 6.07) is 0. The fourth-order valence-electron chi connectivity index (χ4n) is 0.544. The van der Waals surface area contributed by atoms with E-state index in [-0.39, 0.29) is 5.84 Å². The van der Waals surface area contributed by atoms with E-state index in [1.54, 1.807) is 34.6 Å². The van der Waals surface area contributed by atoms with Crippen molar-refractivity contribution in [3.8, 4) is 0 Å². The maximum atomic E-state index is 11.7. The van der Waals surface area contributed by atoms with Crippen molar-refractivity contribution in [1.82, 2.24) is 4.72 Å². The zero-order valence-corrected chi connectivity index (χ0v) is 10.1. The Morgan fingerprint density at radius 3 is 1.79 bits per heavy atom. The van der Waals surface area contributed by atoms with Crippen LogP contribution in [0.15, 0.2) is 0 Å². The van der Waals surface area contributed by atoms with E-state index in [4.69, 9.17) is 11.1 Å². The topological polar surface area (TPSA) is 96.0 Å². The van der Waals surface area contributed by atoms with Gasteiger partial charge in [-0.15, -0.1) is 0 Å². The van der Waals surface area contributed by atoms with E-state index in [9.17, 15) is 8.42 Å². The third-order valence-corrected chi connectivity index (χ3v) is 4.26. The van der Waals surface area contributed by atoms with Crippen LogP contribution in [-0.2, 0) is 10.0 Å². The Balaban J connectivity index is 4.97. The van der Waals surface area contributed by atoms with Crippen molar-refractivity contribution in [2.45, 2.75) is 44.9 Å². The number of amidine groups is 1. The maximum absolute atomic E-state index is 11.7. The summed E-state index contributed by atoms with van der Waals surface area (Å²) in [6.45, 7) is 7.87. The summed E-state index contributed by atoms with van der Waals surface area (Å²) in [7, 11) is -3.47. The molecule has 0 atom stereocenters. The number of nitrogens with one attached hydrogen (secondary N) is 2. The molecule has 0 fully saturated rings. The van der Waals surface area contributed by atoms with E-state index in [0.717, 1.165) is 0 Å². The second kappa shape index (κ2) is 3.51. The first-order chi connectivity index (χ1) is 5.90. The SMILES string of the molecule is CC(C)(NS(=O)(=O)C(C)(C)C)C(=N)N. The van der Waals surface area contributed by atoms with Crippen molar-refractivity contribution in [2.75, 3.05) is 0 Å². The van der Waals surface area contributed by atoms with Gasteiger partial charge in [0.25, 0.3) is 0 Å². The molecule has 0 aliphatic rings. The van der Waals surface area contributed by atoms with Crippen molar-refractivity contribution in [3.63, 3.8) is 0 Å². The molecule has 0 aromatic rings. The predicted molar refractivity (Wildman–Crippen MR) is 57.8 cm³/mol. The van der Waals surface area contributed by atoms with Gasteiger partial charge in [-0.05, 0) is 34.6 Å². The Morgan fingerprint density at radius 1 is 1.21 bits per heavy atom. The highest BCUT2D eigenvalue weighted by molar-refractivity contribution is 7.90. The molecule has 0 heterocycles. The molecule has 14 heavy (non-hydrogen) atoms. The molecule has 0 saturated carbocycles. The summed E-state index contributed by atoms with van der Waals surface area (Å²) in [5.41, 5.74) is 4.24. The first-order valence-corrected chi connectivity index (χ1v) is 5.76. The van der Waals surface area contributed by atoms with Gasteiger partial charge in [0.1, 0.15) is 5.84 Å². The van der Waals surface area contributed by atoms with Crippen LogP contribution in [0.1, 0.15) is 34.6 Å². The van der Waals surface area contributed by atoms with Crippen LogP contribution in [0.2, 0.25) is 0 Å². The van der Waals surface area contributed by atoms with Gasteiger partial charge in [0.2, 0.25) is 10.0 Å². The van der Waals surface area contributed by atoms with Gasteiger partial charge in [0, 0.05) is 0 Å². The molecule has 0 aromatic heterocycles. The molecule has 84 valence electrons. The number of nitrogens with two attached hydrogens (primary N) is 1. The molecule has 0 bridgehead atoms. The van der Waals surface area contributed by atoms with Crippen molar-refractivity contribution >= 4 is 15.9 Å². The van der Waals surface area contributed by atoms with Gasteiger partial charge >= 0.3 is 0 Å². The number of rotatable bonds is 3. The molecule has 0 radical (unpaired) electrons. The average molecular weight is 221 g/mol. The smallest absolute Gasteiger partial charge is 0.217 e. The average Bonchev–Trinajstić information content (AvgIpc) is 1.80. The lowest BCUT2D eigenvalue weighted by molar-refractivity contribution is 0.513. The summed E-state index contributed by atoms with van der Waals surface area (Å²) in [5.74, 6) is -0.203. The molecule has 0 unspecified atom stereocenters. The van der Waals surface area contributed by atoms with Crippen LogP contribution in [0, 0.1) is 5.41 Å². The van der Waals surface area contributed by atoms with Gasteiger partial charge in [0.05, 0.1) is 10.3 Å². The molecule has 0 aliphatic carbocycles. The van der Waals surface area contributed by atoms with Gasteiger partial charge in [-0.25, -0.2) is 13.1 Å². The second-order valence-electron chi connectivity index (χ2n) is 4.76. The van der Waals surface area contributed by atoms with Gasteiger partial charge in [0.15, 0.2) is 0 Å². The normalized spacial score (nSPS) is 14.1. The van der Waals surface area contributed by atoms with Crippen LogP contribution in [0.5, 0.6) is 0 Å². The fourth-order valence-corrected chi connectivity index (χ4v) is 1.63. The highest BCUT2D eigenvalue weighted by Gasteiger charge is 2.35. The minimum Gasteiger partial charge on any atom is -0.386 e. The molecule has 0 saturated heterocycles. The second-order valence-corrected chi connectivity index (χ2v) is 7.19. The highest BCUT2D eigenvalue weighted by Crippen LogP contribution is 2.16. The molecule has 4 N–H and O–H groups in total. The molecule has 0 rings (SSSR count). The van der Waals surface area contributed by atoms with Crippen LogP contribution in [0.4, 0.5) is 0 Å². The Kier molecular flexibility index (Phi) is 3.35. The van der Waals surface area contributed by atoms with Crippen molar-refractivity contribution in [3.05, 3.63) is 0 Å². The van der Waals surface area contributed by atoms with Crippen LogP contribution in [0.25, 0.3) is 0 Å². The Bertz CT molecular complexity index is 325. The van der Waals surface area contributed by atoms with E-state index in [1.165, 1.54) is 0 Å². The lowest BCUT2D eigenvalue weighted by Crippen LogP contribution is -2.56. The first-order valence-electron chi connectivity index (χ1n) is 4.28. The van der Waals surface area contributed by atoms with Crippen molar-refractivity contribution in [1.29, 1.82) is 5.41 Å². The standard InChI is InChI=1S/C8H19N3O2S/c1-7(2,3)14(12,13)11-8(4,5)6(9)10/h11H,1-5H3,(H3,9,10). The minimum absolute atomic E-state index is 0.203. The van der Waals surface area contributed by atoms with Crippen LogP contribution >= 0.6 is 0 Å². The summed E-state index contributed by atoms with van der Waals surface area (Å²) >= 11 is 0. The van der Waals surface area contributed by atoms with Crippen molar-refractivity contribution < 1.29 is 8.42 Å². The zero-order chi connectivity index (χ0) is 11.8. The Morgan fingerprint density at radius 2 is 1.57 bits per heavy atom. The quantitative estimate of drug-likeness (QED) is 0.476. The third kappa shape index (κ3) is 2.95. The fraction of sp³-hybridized carbons (Fsp3) is 0.875. The summed E-state index contributed by atoms with van der Waals surface area (Å²) in [5, 5.41) is 7.23. The summed E-state index contributed by atoms with van der Waals surface area (Å²) in [4.78, 5) is 0. The largest absolute Gasteiger partial charge is 0.386 e. The third-order valence-electron chi connectivity index (χ3n) is 1.87. The molecule has 0 spiro atoms. The van der Waals surface area contributed by atoms with E-state index in [2.05, 4.69) is 4.72 Å². The van der Waals surface area contributed by atoms with E-state index in [1.807, 2.05) is 0 Å². The van der Waals surface area contributed by atoms with Crippen LogP contribution < -0.4 is 10.5 Å². The van der Waals surface area contributed by atoms with Gasteiger partial charge in [-0.3, -0.25) is 5.41 Å². The lowest BCUT2D eigenvalue weighted by atomic mass is 10.1. The molecule has 0 aromatic carbocycles. The zero-order valence-electron chi connectivity index (χ0n) is 9.30. The molecule has 0 amide bonds. The molecule has 5 nitrogen and oxygen atoms in total. The predicted octanol–water partition coefficient (Wildman–Crippen LogP) is 0.419. The van der Waals surface area contributed by atoms with E-state index in [0.29, 0.717) is 0 Å². The molecule has 6 heteroatoms. The van der Waals surface area contributed by atoms with E-state index < -0.39 is 20.3 Å². The van der Waals surface area contributed by atoms with Crippen LogP contribution in [0.3, 0.4) is 0 Å². The van der Waals surface area contributed by atoms with Crippen molar-refractivity contribution in [2.24, 2.45) is 5.73 Å². The van der Waals surface area contributed by atoms with Gasteiger partial charge in [-0.2, -0.15) is 0 Å². The Labute approximate surface area is 85.6 Å². The molecular formula is C8H19N3O2S. The number of hydrogen-bond donors (Lipinski definition) is 3. The number of sulfonamides is 1. The van der Waals surface area contributed by atoms with Crippen LogP contribution in [-0.4, -0.2) is 24.5 Å².